The molecule has 2 atom stereocenters. The van der Waals surface area contributed by atoms with E-state index in [9.17, 15) is 4.79 Å². The third-order valence-corrected chi connectivity index (χ3v) is 3.89. The molecule has 0 spiro atoms. The number of rotatable bonds is 5. The van der Waals surface area contributed by atoms with E-state index in [1.54, 1.807) is 7.11 Å². The van der Waals surface area contributed by atoms with Crippen molar-refractivity contribution < 1.29 is 9.53 Å². The lowest BCUT2D eigenvalue weighted by molar-refractivity contribution is -0.120. The van der Waals surface area contributed by atoms with E-state index >= 15 is 0 Å². The Morgan fingerprint density at radius 2 is 2.20 bits per heavy atom. The maximum atomic E-state index is 12.0. The highest BCUT2D eigenvalue weighted by Crippen LogP contribution is 2.18. The molecule has 1 aliphatic heterocycles. The Morgan fingerprint density at radius 3 is 2.90 bits per heavy atom. The lowest BCUT2D eigenvalue weighted by Gasteiger charge is -2.27. The van der Waals surface area contributed by atoms with Crippen LogP contribution in [0.4, 0.5) is 0 Å². The van der Waals surface area contributed by atoms with Crippen LogP contribution >= 0.6 is 0 Å². The number of methoxy groups -OCH3 is 1. The molecule has 0 bridgehead atoms. The average Bonchev–Trinajstić information content (AvgIpc) is 2.47. The minimum Gasteiger partial charge on any atom is -0.496 e. The van der Waals surface area contributed by atoms with Gasteiger partial charge in [-0.05, 0) is 38.3 Å². The molecule has 2 unspecified atom stereocenters. The molecule has 1 amide bonds. The summed E-state index contributed by atoms with van der Waals surface area (Å²) in [6.07, 6.45) is 2.75. The van der Waals surface area contributed by atoms with Crippen molar-refractivity contribution in [3.05, 3.63) is 29.8 Å². The van der Waals surface area contributed by atoms with Crippen LogP contribution in [-0.4, -0.2) is 32.1 Å². The van der Waals surface area contributed by atoms with Gasteiger partial charge in [0.15, 0.2) is 0 Å². The summed E-state index contributed by atoms with van der Waals surface area (Å²) >= 11 is 0. The Labute approximate surface area is 120 Å². The van der Waals surface area contributed by atoms with Crippen LogP contribution in [0.25, 0.3) is 0 Å². The van der Waals surface area contributed by atoms with E-state index < -0.39 is 0 Å². The smallest absolute Gasteiger partial charge is 0.224 e. The first kappa shape index (κ1) is 14.9. The molecule has 4 nitrogen and oxygen atoms in total. The molecule has 0 saturated carbocycles. The molecule has 1 fully saturated rings. The minimum absolute atomic E-state index is 0.0631. The first-order chi connectivity index (χ1) is 9.69. The number of hydrogen-bond acceptors (Lipinski definition) is 3. The first-order valence-electron chi connectivity index (χ1n) is 7.31. The molecule has 0 radical (unpaired) electrons. The molecule has 2 rings (SSSR count). The van der Waals surface area contributed by atoms with Crippen molar-refractivity contribution in [2.75, 3.05) is 20.2 Å². The molecular formula is C16H24N2O2. The zero-order valence-electron chi connectivity index (χ0n) is 12.3. The van der Waals surface area contributed by atoms with Crippen LogP contribution in [0, 0.1) is 5.92 Å². The molecule has 110 valence electrons. The summed E-state index contributed by atoms with van der Waals surface area (Å²) in [6.45, 7) is 3.96. The lowest BCUT2D eigenvalue weighted by atomic mass is 9.95. The van der Waals surface area contributed by atoms with Gasteiger partial charge in [-0.25, -0.2) is 0 Å². The first-order valence-corrected chi connectivity index (χ1v) is 7.31. The summed E-state index contributed by atoms with van der Waals surface area (Å²) in [5.41, 5.74) is 0.933. The molecule has 2 N–H and O–H groups in total. The van der Waals surface area contributed by atoms with Crippen LogP contribution in [0.15, 0.2) is 24.3 Å². The molecule has 20 heavy (non-hydrogen) atoms. The highest BCUT2D eigenvalue weighted by molar-refractivity contribution is 5.79. The van der Waals surface area contributed by atoms with Gasteiger partial charge in [-0.15, -0.1) is 0 Å². The standard InChI is InChI=1S/C16H24N2O2/c1-12-7-8-13(10-17-12)11-18-16(19)9-14-5-3-4-6-15(14)20-2/h3-6,12-13,17H,7-11H2,1-2H3,(H,18,19). The summed E-state index contributed by atoms with van der Waals surface area (Å²) in [5, 5.41) is 6.48. The van der Waals surface area contributed by atoms with E-state index in [2.05, 4.69) is 17.6 Å². The van der Waals surface area contributed by atoms with Gasteiger partial charge in [-0.3, -0.25) is 4.79 Å². The van der Waals surface area contributed by atoms with E-state index in [1.807, 2.05) is 24.3 Å². The fourth-order valence-corrected chi connectivity index (χ4v) is 2.57. The van der Waals surface area contributed by atoms with Crippen LogP contribution in [0.2, 0.25) is 0 Å². The molecule has 1 aromatic carbocycles. The van der Waals surface area contributed by atoms with Crippen molar-refractivity contribution in [1.29, 1.82) is 0 Å². The fraction of sp³-hybridized carbons (Fsp3) is 0.562. The minimum atomic E-state index is 0.0631. The van der Waals surface area contributed by atoms with Gasteiger partial charge in [0.1, 0.15) is 5.75 Å². The largest absolute Gasteiger partial charge is 0.496 e. The number of nitrogens with one attached hydrogen (secondary N) is 2. The molecule has 4 heteroatoms. The number of ether oxygens (including phenoxy) is 1. The Kier molecular flexibility index (Phi) is 5.41. The van der Waals surface area contributed by atoms with Gasteiger partial charge < -0.3 is 15.4 Å². The second-order valence-electron chi connectivity index (χ2n) is 5.55. The molecule has 1 aliphatic rings. The van der Waals surface area contributed by atoms with Crippen LogP contribution in [0.3, 0.4) is 0 Å². The number of benzene rings is 1. The van der Waals surface area contributed by atoms with Crippen molar-refractivity contribution in [2.24, 2.45) is 5.92 Å². The zero-order valence-corrected chi connectivity index (χ0v) is 12.3. The summed E-state index contributed by atoms with van der Waals surface area (Å²) in [4.78, 5) is 12.0. The van der Waals surface area contributed by atoms with Gasteiger partial charge in [0.25, 0.3) is 0 Å². The third-order valence-electron chi connectivity index (χ3n) is 3.89. The van der Waals surface area contributed by atoms with Crippen molar-refractivity contribution in [3.8, 4) is 5.75 Å². The molecule has 0 aliphatic carbocycles. The topological polar surface area (TPSA) is 50.4 Å². The summed E-state index contributed by atoms with van der Waals surface area (Å²) in [6, 6.07) is 8.26. The highest BCUT2D eigenvalue weighted by Gasteiger charge is 2.18. The number of carbonyl (C=O) groups is 1. The zero-order chi connectivity index (χ0) is 14.4. The summed E-state index contributed by atoms with van der Waals surface area (Å²) in [5.74, 6) is 1.39. The quantitative estimate of drug-likeness (QED) is 0.861. The van der Waals surface area contributed by atoms with Crippen molar-refractivity contribution in [2.45, 2.75) is 32.2 Å². The molecule has 1 heterocycles. The Bertz CT molecular complexity index is 440. The lowest BCUT2D eigenvalue weighted by Crippen LogP contribution is -2.42. The Balaban J connectivity index is 1.78. The van der Waals surface area contributed by atoms with Gasteiger partial charge >= 0.3 is 0 Å². The maximum absolute atomic E-state index is 12.0. The van der Waals surface area contributed by atoms with E-state index in [1.165, 1.54) is 12.8 Å². The number of amides is 1. The molecule has 1 saturated heterocycles. The fourth-order valence-electron chi connectivity index (χ4n) is 2.57. The average molecular weight is 276 g/mol. The van der Waals surface area contributed by atoms with E-state index in [-0.39, 0.29) is 5.91 Å². The van der Waals surface area contributed by atoms with Crippen LogP contribution in [0.5, 0.6) is 5.75 Å². The van der Waals surface area contributed by atoms with Gasteiger partial charge in [-0.2, -0.15) is 0 Å². The molecule has 1 aromatic rings. The number of para-hydroxylation sites is 1. The monoisotopic (exact) mass is 276 g/mol. The second kappa shape index (κ2) is 7.29. The van der Waals surface area contributed by atoms with E-state index in [0.29, 0.717) is 18.4 Å². The SMILES string of the molecule is COc1ccccc1CC(=O)NCC1CCC(C)NC1. The summed E-state index contributed by atoms with van der Waals surface area (Å²) in [7, 11) is 1.63. The maximum Gasteiger partial charge on any atom is 0.224 e. The van der Waals surface area contributed by atoms with E-state index in [4.69, 9.17) is 4.74 Å². The van der Waals surface area contributed by atoms with Gasteiger partial charge in [-0.1, -0.05) is 18.2 Å². The Morgan fingerprint density at radius 1 is 1.40 bits per heavy atom. The van der Waals surface area contributed by atoms with Crippen LogP contribution in [-0.2, 0) is 11.2 Å². The van der Waals surface area contributed by atoms with Gasteiger partial charge in [0, 0.05) is 18.2 Å². The van der Waals surface area contributed by atoms with Crippen LogP contribution < -0.4 is 15.4 Å². The molecular weight excluding hydrogens is 252 g/mol. The van der Waals surface area contributed by atoms with Crippen LogP contribution in [0.1, 0.15) is 25.3 Å². The predicted octanol–water partition coefficient (Wildman–Crippen LogP) is 1.74. The highest BCUT2D eigenvalue weighted by atomic mass is 16.5. The van der Waals surface area contributed by atoms with E-state index in [0.717, 1.165) is 24.4 Å². The second-order valence-corrected chi connectivity index (χ2v) is 5.55. The van der Waals surface area contributed by atoms with Crippen molar-refractivity contribution in [3.63, 3.8) is 0 Å². The third kappa shape index (κ3) is 4.23. The number of carbonyl (C=O) groups excluding carboxylic acids is 1. The van der Waals surface area contributed by atoms with Crippen molar-refractivity contribution in [1.82, 2.24) is 10.6 Å². The van der Waals surface area contributed by atoms with Crippen molar-refractivity contribution >= 4 is 5.91 Å². The number of hydrogen-bond donors (Lipinski definition) is 2. The normalized spacial score (nSPS) is 22.3. The van der Waals surface area contributed by atoms with Gasteiger partial charge in [0.2, 0.25) is 5.91 Å². The predicted molar refractivity (Wildman–Crippen MR) is 79.9 cm³/mol. The number of piperidine rings is 1. The van der Waals surface area contributed by atoms with Gasteiger partial charge in [0.05, 0.1) is 13.5 Å². The Hall–Kier alpha value is -1.55. The summed E-state index contributed by atoms with van der Waals surface area (Å²) < 4.78 is 5.26. The molecule has 0 aromatic heterocycles.